The number of benzene rings is 2. The molecule has 1 aromatic heterocycles. The van der Waals surface area contributed by atoms with Crippen molar-refractivity contribution in [2.75, 3.05) is 25.5 Å². The molecule has 9 heteroatoms. The van der Waals surface area contributed by atoms with Gasteiger partial charge in [0.25, 0.3) is 11.8 Å². The summed E-state index contributed by atoms with van der Waals surface area (Å²) in [6, 6.07) is 13.2. The lowest BCUT2D eigenvalue weighted by molar-refractivity contribution is -0.110. The van der Waals surface area contributed by atoms with Crippen LogP contribution in [0.3, 0.4) is 0 Å². The second-order valence-corrected chi connectivity index (χ2v) is 8.01. The van der Waals surface area contributed by atoms with Gasteiger partial charge in [-0.05, 0) is 47.3 Å². The highest BCUT2D eigenvalue weighted by molar-refractivity contribution is 6.38. The van der Waals surface area contributed by atoms with E-state index in [9.17, 15) is 9.90 Å². The number of nitrogens with one attached hydrogen (secondary N) is 2. The van der Waals surface area contributed by atoms with Crippen LogP contribution in [0, 0.1) is 0 Å². The molecule has 3 heterocycles. The minimum atomic E-state index is -0.444. The van der Waals surface area contributed by atoms with E-state index in [1.807, 2.05) is 12.1 Å². The van der Waals surface area contributed by atoms with E-state index >= 15 is 0 Å². The molecule has 166 valence electrons. The number of aromatic nitrogens is 1. The molecule has 0 radical (unpaired) electrons. The summed E-state index contributed by atoms with van der Waals surface area (Å²) in [6.45, 7) is 2.03. The fraction of sp³-hybridized carbons (Fsp3) is 0.217. The van der Waals surface area contributed by atoms with E-state index in [2.05, 4.69) is 27.9 Å². The highest BCUT2D eigenvalue weighted by atomic mass is 35.5. The molecule has 7 nitrogen and oxygen atoms in total. The first-order valence-electron chi connectivity index (χ1n) is 9.96. The lowest BCUT2D eigenvalue weighted by Crippen LogP contribution is -2.07. The smallest absolute Gasteiger partial charge is 0.260 e. The SMILES string of the molecule is COc1cc(C(O)=C2C(=O)Nc3cc(Cl)c(-c4ccc(C5CCNC5)cc4)cc32)on1.Cl. The van der Waals surface area contributed by atoms with E-state index in [4.69, 9.17) is 20.9 Å². The second-order valence-electron chi connectivity index (χ2n) is 7.60. The lowest BCUT2D eigenvalue weighted by Gasteiger charge is -2.12. The van der Waals surface area contributed by atoms with Gasteiger partial charge >= 0.3 is 0 Å². The molecule has 0 bridgehead atoms. The van der Waals surface area contributed by atoms with E-state index in [-0.39, 0.29) is 35.4 Å². The van der Waals surface area contributed by atoms with Crippen LogP contribution in [0.4, 0.5) is 5.69 Å². The van der Waals surface area contributed by atoms with Gasteiger partial charge in [0.15, 0.2) is 5.76 Å². The van der Waals surface area contributed by atoms with Gasteiger partial charge in [0, 0.05) is 17.7 Å². The molecule has 3 N–H and O–H groups in total. The average Bonchev–Trinajstić information content (AvgIpc) is 3.52. The standard InChI is InChI=1S/C23H20ClN3O4.ClH/c1-30-20-10-19(31-27-20)22(28)21-16-8-15(17(24)9-18(16)26-23(21)29)13-4-2-12(3-5-13)14-6-7-25-11-14;/h2-5,8-10,14,25,28H,6-7,11H2,1H3,(H,26,29);1H. The summed E-state index contributed by atoms with van der Waals surface area (Å²) < 4.78 is 10.1. The Morgan fingerprint density at radius 1 is 1.22 bits per heavy atom. The van der Waals surface area contributed by atoms with Crippen molar-refractivity contribution in [3.05, 3.63) is 64.4 Å². The van der Waals surface area contributed by atoms with Crippen LogP contribution < -0.4 is 15.4 Å². The summed E-state index contributed by atoms with van der Waals surface area (Å²) in [5.41, 5.74) is 4.16. The number of hydrogen-bond acceptors (Lipinski definition) is 6. The third kappa shape index (κ3) is 3.83. The number of amides is 1. The number of fused-ring (bicyclic) bond motifs is 1. The number of carbonyl (C=O) groups excluding carboxylic acids is 1. The number of halogens is 2. The van der Waals surface area contributed by atoms with E-state index < -0.39 is 5.91 Å². The molecule has 3 aromatic rings. The number of rotatable bonds is 4. The summed E-state index contributed by atoms with van der Waals surface area (Å²) in [5, 5.41) is 21.0. The molecular weight excluding hydrogens is 453 g/mol. The number of ether oxygens (including phenoxy) is 1. The predicted molar refractivity (Wildman–Crippen MR) is 125 cm³/mol. The van der Waals surface area contributed by atoms with Gasteiger partial charge in [-0.15, -0.1) is 12.4 Å². The van der Waals surface area contributed by atoms with Gasteiger partial charge in [-0.3, -0.25) is 4.79 Å². The highest BCUT2D eigenvalue weighted by Crippen LogP contribution is 2.42. The Bertz CT molecular complexity index is 1200. The zero-order valence-electron chi connectivity index (χ0n) is 17.1. The van der Waals surface area contributed by atoms with Gasteiger partial charge in [0.1, 0.15) is 0 Å². The predicted octanol–water partition coefficient (Wildman–Crippen LogP) is 4.88. The Kier molecular flexibility index (Phi) is 6.15. The van der Waals surface area contributed by atoms with E-state index in [0.29, 0.717) is 22.2 Å². The maximum absolute atomic E-state index is 12.6. The molecule has 2 aromatic carbocycles. The van der Waals surface area contributed by atoms with Gasteiger partial charge in [-0.2, -0.15) is 0 Å². The number of methoxy groups -OCH3 is 1. The second kappa shape index (κ2) is 8.86. The van der Waals surface area contributed by atoms with Gasteiger partial charge < -0.3 is 25.0 Å². The number of carbonyl (C=O) groups is 1. The third-order valence-corrected chi connectivity index (χ3v) is 6.09. The summed E-state index contributed by atoms with van der Waals surface area (Å²) in [7, 11) is 1.44. The van der Waals surface area contributed by atoms with Crippen LogP contribution in [0.5, 0.6) is 5.88 Å². The number of aliphatic hydroxyl groups excluding tert-OH is 1. The Balaban J connectivity index is 0.00000245. The van der Waals surface area contributed by atoms with Crippen molar-refractivity contribution in [2.24, 2.45) is 0 Å². The van der Waals surface area contributed by atoms with E-state index in [1.54, 1.807) is 12.1 Å². The third-order valence-electron chi connectivity index (χ3n) is 5.77. The quantitative estimate of drug-likeness (QED) is 0.369. The van der Waals surface area contributed by atoms with Crippen molar-refractivity contribution in [1.29, 1.82) is 0 Å². The number of hydrogen-bond donors (Lipinski definition) is 3. The lowest BCUT2D eigenvalue weighted by atomic mass is 9.94. The zero-order chi connectivity index (χ0) is 21.5. The van der Waals surface area contributed by atoms with Crippen molar-refractivity contribution in [2.45, 2.75) is 12.3 Å². The molecule has 1 unspecified atom stereocenters. The number of anilines is 1. The van der Waals surface area contributed by atoms with Crippen molar-refractivity contribution in [3.8, 4) is 17.0 Å². The maximum atomic E-state index is 12.6. The van der Waals surface area contributed by atoms with Gasteiger partial charge in [-0.25, -0.2) is 0 Å². The summed E-state index contributed by atoms with van der Waals surface area (Å²) >= 11 is 6.54. The Morgan fingerprint density at radius 3 is 2.66 bits per heavy atom. The van der Waals surface area contributed by atoms with Crippen LogP contribution in [-0.2, 0) is 4.79 Å². The molecular formula is C23H21Cl2N3O4. The van der Waals surface area contributed by atoms with Gasteiger partial charge in [0.05, 0.1) is 29.5 Å². The van der Waals surface area contributed by atoms with E-state index in [0.717, 1.165) is 30.6 Å². The first-order chi connectivity index (χ1) is 15.0. The molecule has 32 heavy (non-hydrogen) atoms. The molecule has 1 amide bonds. The normalized spacial score (nSPS) is 18.7. The first-order valence-corrected chi connectivity index (χ1v) is 10.3. The van der Waals surface area contributed by atoms with Crippen LogP contribution in [-0.4, -0.2) is 36.4 Å². The fourth-order valence-corrected chi connectivity index (χ4v) is 4.38. The van der Waals surface area contributed by atoms with Crippen LogP contribution in [0.25, 0.3) is 22.5 Å². The summed E-state index contributed by atoms with van der Waals surface area (Å²) in [6.07, 6.45) is 1.13. The first kappa shape index (κ1) is 22.2. The Morgan fingerprint density at radius 2 is 2.00 bits per heavy atom. The van der Waals surface area contributed by atoms with E-state index in [1.165, 1.54) is 18.7 Å². The van der Waals surface area contributed by atoms with Gasteiger partial charge in [0.2, 0.25) is 5.76 Å². The van der Waals surface area contributed by atoms with Crippen molar-refractivity contribution >= 4 is 46.9 Å². The highest BCUT2D eigenvalue weighted by Gasteiger charge is 2.31. The minimum Gasteiger partial charge on any atom is -0.504 e. The van der Waals surface area contributed by atoms with Crippen molar-refractivity contribution in [3.63, 3.8) is 0 Å². The van der Waals surface area contributed by atoms with Crippen molar-refractivity contribution < 1.29 is 19.2 Å². The molecule has 1 saturated heterocycles. The van der Waals surface area contributed by atoms with Crippen molar-refractivity contribution in [1.82, 2.24) is 10.5 Å². The molecule has 0 spiro atoms. The maximum Gasteiger partial charge on any atom is 0.260 e. The largest absolute Gasteiger partial charge is 0.504 e. The van der Waals surface area contributed by atoms with Gasteiger partial charge in [-0.1, -0.05) is 35.9 Å². The number of aliphatic hydroxyl groups is 1. The van der Waals surface area contributed by atoms with Crippen LogP contribution in [0.1, 0.15) is 29.2 Å². The summed E-state index contributed by atoms with van der Waals surface area (Å²) in [4.78, 5) is 12.6. The zero-order valence-corrected chi connectivity index (χ0v) is 18.7. The minimum absolute atomic E-state index is 0. The average molecular weight is 474 g/mol. The molecule has 0 aliphatic carbocycles. The topological polar surface area (TPSA) is 96.6 Å². The Hall–Kier alpha value is -3.00. The molecule has 2 aliphatic rings. The molecule has 1 atom stereocenters. The monoisotopic (exact) mass is 473 g/mol. The van der Waals surface area contributed by atoms with Crippen LogP contribution >= 0.6 is 24.0 Å². The Labute approximate surface area is 195 Å². The molecule has 2 aliphatic heterocycles. The van der Waals surface area contributed by atoms with Crippen LogP contribution in [0.15, 0.2) is 47.0 Å². The molecule has 1 fully saturated rings. The molecule has 0 saturated carbocycles. The molecule has 5 rings (SSSR count). The number of nitrogens with zero attached hydrogens (tertiary/aromatic N) is 1. The fourth-order valence-electron chi connectivity index (χ4n) is 4.11. The van der Waals surface area contributed by atoms with Crippen LogP contribution in [0.2, 0.25) is 5.02 Å². The summed E-state index contributed by atoms with van der Waals surface area (Å²) in [5.74, 6) is 0.0114.